The van der Waals surface area contributed by atoms with Crippen molar-refractivity contribution in [3.63, 3.8) is 0 Å². The van der Waals surface area contributed by atoms with Crippen LogP contribution in [0.2, 0.25) is 5.02 Å². The molecule has 13 heteroatoms. The maximum absolute atomic E-state index is 14.2. The number of carboxylic acid groups (broad SMARTS) is 1. The highest BCUT2D eigenvalue weighted by Gasteiger charge is 2.24. The van der Waals surface area contributed by atoms with Crippen LogP contribution in [0.5, 0.6) is 5.88 Å². The summed E-state index contributed by atoms with van der Waals surface area (Å²) in [5.74, 6) is 0.881. The van der Waals surface area contributed by atoms with Crippen molar-refractivity contribution in [3.8, 4) is 5.88 Å². The monoisotopic (exact) mass is 633 g/mol. The van der Waals surface area contributed by atoms with Gasteiger partial charge in [-0.1, -0.05) is 23.7 Å². The number of methoxy groups -OCH3 is 1. The maximum atomic E-state index is 14.2. The summed E-state index contributed by atoms with van der Waals surface area (Å²) < 4.78 is 29.2. The van der Waals surface area contributed by atoms with Crippen molar-refractivity contribution in [2.75, 3.05) is 26.8 Å². The van der Waals surface area contributed by atoms with Gasteiger partial charge in [0.2, 0.25) is 5.88 Å². The van der Waals surface area contributed by atoms with E-state index in [0.29, 0.717) is 42.7 Å². The third-order valence-corrected chi connectivity index (χ3v) is 8.35. The normalized spacial score (nSPS) is 14.3. The average molecular weight is 634 g/mol. The molecule has 4 heterocycles. The predicted molar refractivity (Wildman–Crippen MR) is 165 cm³/mol. The molecule has 1 N–H and O–H groups in total. The molecule has 5 aromatic rings. The molecule has 1 fully saturated rings. The van der Waals surface area contributed by atoms with Crippen LogP contribution in [0.4, 0.5) is 4.39 Å². The quantitative estimate of drug-likeness (QED) is 0.198. The Morgan fingerprint density at radius 2 is 1.91 bits per heavy atom. The lowest BCUT2D eigenvalue weighted by Crippen LogP contribution is -2.33. The highest BCUT2D eigenvalue weighted by Crippen LogP contribution is 2.30. The van der Waals surface area contributed by atoms with Gasteiger partial charge >= 0.3 is 5.97 Å². The number of carboxylic acids is 1. The SMILES string of the molecule is COCCn1cnnc1Cn1c(CN2CCC(c3cccc(OCc4ccc(Cl)cc4F)n3)CC2)nc2ccc(C(=O)O)cc21. The highest BCUT2D eigenvalue weighted by molar-refractivity contribution is 6.30. The molecule has 0 saturated carbocycles. The number of aromatic nitrogens is 6. The smallest absolute Gasteiger partial charge is 0.335 e. The van der Waals surface area contributed by atoms with Crippen molar-refractivity contribution < 1.29 is 23.8 Å². The molecular formula is C32H33ClFN7O4. The van der Waals surface area contributed by atoms with Crippen molar-refractivity contribution in [1.29, 1.82) is 0 Å². The average Bonchev–Trinajstić information content (AvgIpc) is 3.63. The second-order valence-corrected chi connectivity index (χ2v) is 11.5. The van der Waals surface area contributed by atoms with Gasteiger partial charge < -0.3 is 23.7 Å². The Bertz CT molecular complexity index is 1800. The van der Waals surface area contributed by atoms with E-state index >= 15 is 0 Å². The van der Waals surface area contributed by atoms with Gasteiger partial charge in [0.05, 0.1) is 36.3 Å². The first-order chi connectivity index (χ1) is 21.9. The van der Waals surface area contributed by atoms with Crippen molar-refractivity contribution in [2.24, 2.45) is 0 Å². The molecule has 0 unspecified atom stereocenters. The van der Waals surface area contributed by atoms with Crippen LogP contribution in [-0.2, 0) is 31.0 Å². The van der Waals surface area contributed by atoms with Gasteiger partial charge in [0.1, 0.15) is 24.6 Å². The molecule has 234 valence electrons. The lowest BCUT2D eigenvalue weighted by atomic mass is 9.93. The zero-order valence-electron chi connectivity index (χ0n) is 24.8. The van der Waals surface area contributed by atoms with Crippen molar-refractivity contribution in [1.82, 2.24) is 34.2 Å². The lowest BCUT2D eigenvalue weighted by molar-refractivity contribution is 0.0697. The lowest BCUT2D eigenvalue weighted by Gasteiger charge is -2.31. The summed E-state index contributed by atoms with van der Waals surface area (Å²) in [7, 11) is 1.65. The molecule has 1 aliphatic heterocycles. The number of pyridine rings is 1. The number of nitrogens with zero attached hydrogens (tertiary/aromatic N) is 7. The first-order valence-electron chi connectivity index (χ1n) is 14.7. The van der Waals surface area contributed by atoms with Crippen LogP contribution in [0.15, 0.2) is 60.9 Å². The van der Waals surface area contributed by atoms with Crippen LogP contribution in [0.25, 0.3) is 11.0 Å². The van der Waals surface area contributed by atoms with Gasteiger partial charge in [-0.3, -0.25) is 4.90 Å². The Hall–Kier alpha value is -4.39. The Morgan fingerprint density at radius 1 is 1.07 bits per heavy atom. The second-order valence-electron chi connectivity index (χ2n) is 11.0. The molecule has 45 heavy (non-hydrogen) atoms. The zero-order valence-corrected chi connectivity index (χ0v) is 25.5. The molecular weight excluding hydrogens is 601 g/mol. The van der Waals surface area contributed by atoms with Crippen LogP contribution in [0, 0.1) is 5.82 Å². The van der Waals surface area contributed by atoms with Gasteiger partial charge in [-0.25, -0.2) is 19.2 Å². The minimum absolute atomic E-state index is 0.0650. The van der Waals surface area contributed by atoms with E-state index in [9.17, 15) is 14.3 Å². The van der Waals surface area contributed by atoms with E-state index in [4.69, 9.17) is 31.0 Å². The van der Waals surface area contributed by atoms with Crippen LogP contribution in [-0.4, -0.2) is 72.1 Å². The third kappa shape index (κ3) is 7.14. The number of piperidine rings is 1. The summed E-state index contributed by atoms with van der Waals surface area (Å²) in [6.07, 6.45) is 3.47. The predicted octanol–water partition coefficient (Wildman–Crippen LogP) is 5.17. The summed E-state index contributed by atoms with van der Waals surface area (Å²) in [5.41, 5.74) is 3.04. The number of aromatic carboxylic acids is 1. The molecule has 6 rings (SSSR count). The van der Waals surface area contributed by atoms with E-state index < -0.39 is 11.8 Å². The molecule has 1 saturated heterocycles. The van der Waals surface area contributed by atoms with Crippen molar-refractivity contribution >= 4 is 28.6 Å². The first-order valence-corrected chi connectivity index (χ1v) is 15.1. The minimum Gasteiger partial charge on any atom is -0.478 e. The Balaban J connectivity index is 1.15. The third-order valence-electron chi connectivity index (χ3n) is 8.11. The van der Waals surface area contributed by atoms with Crippen LogP contribution in [0.1, 0.15) is 52.0 Å². The molecule has 0 amide bonds. The fraction of sp³-hybridized carbons (Fsp3) is 0.344. The summed E-state index contributed by atoms with van der Waals surface area (Å²) in [4.78, 5) is 23.7. The first kappa shape index (κ1) is 30.6. The maximum Gasteiger partial charge on any atom is 0.335 e. The van der Waals surface area contributed by atoms with Crippen LogP contribution >= 0.6 is 11.6 Å². The summed E-state index contributed by atoms with van der Waals surface area (Å²) >= 11 is 5.86. The number of likely N-dealkylation sites (tertiary alicyclic amines) is 1. The van der Waals surface area contributed by atoms with E-state index in [2.05, 4.69) is 15.1 Å². The molecule has 0 spiro atoms. The largest absolute Gasteiger partial charge is 0.478 e. The number of rotatable bonds is 12. The number of benzene rings is 2. The van der Waals surface area contributed by atoms with Gasteiger partial charge in [-0.15, -0.1) is 10.2 Å². The van der Waals surface area contributed by atoms with Gasteiger partial charge in [0.15, 0.2) is 5.82 Å². The Kier molecular flexibility index (Phi) is 9.34. The standard InChI is InChI=1S/C32H33ClFN7O4/c1-44-14-13-40-20-35-38-30(40)18-41-28-15-22(32(42)43)6-8-27(28)36-29(41)17-39-11-9-21(10-12-39)26-3-2-4-31(37-26)45-19-23-5-7-24(33)16-25(23)34/h2-8,15-16,20-21H,9-14,17-19H2,1H3,(H,42,43). The summed E-state index contributed by atoms with van der Waals surface area (Å²) in [6.45, 7) is 3.85. The van der Waals surface area contributed by atoms with Gasteiger partial charge in [-0.2, -0.15) is 0 Å². The number of hydrogen-bond acceptors (Lipinski definition) is 8. The number of ether oxygens (including phenoxy) is 2. The van der Waals surface area contributed by atoms with E-state index in [0.717, 1.165) is 54.3 Å². The molecule has 3 aromatic heterocycles. The number of hydrogen-bond donors (Lipinski definition) is 1. The molecule has 11 nitrogen and oxygen atoms in total. The Morgan fingerprint density at radius 3 is 2.69 bits per heavy atom. The molecule has 2 aromatic carbocycles. The van der Waals surface area contributed by atoms with Gasteiger partial charge in [0, 0.05) is 41.9 Å². The molecule has 1 aliphatic rings. The fourth-order valence-corrected chi connectivity index (χ4v) is 5.80. The summed E-state index contributed by atoms with van der Waals surface area (Å²) in [6, 6.07) is 15.2. The van der Waals surface area contributed by atoms with Crippen LogP contribution in [0.3, 0.4) is 0 Å². The highest BCUT2D eigenvalue weighted by atomic mass is 35.5. The van der Waals surface area contributed by atoms with Gasteiger partial charge in [-0.05, 0) is 62.3 Å². The number of fused-ring (bicyclic) bond motifs is 1. The Labute approximate surface area is 264 Å². The fourth-order valence-electron chi connectivity index (χ4n) is 5.64. The molecule has 0 radical (unpaired) electrons. The van der Waals surface area contributed by atoms with Crippen molar-refractivity contribution in [3.05, 3.63) is 100 Å². The summed E-state index contributed by atoms with van der Waals surface area (Å²) in [5, 5.41) is 18.4. The topological polar surface area (TPSA) is 120 Å². The number of halogens is 2. The van der Waals surface area contributed by atoms with E-state index in [1.807, 2.05) is 21.3 Å². The van der Waals surface area contributed by atoms with Gasteiger partial charge in [0.25, 0.3) is 0 Å². The number of carbonyl (C=O) groups is 1. The second kappa shape index (κ2) is 13.7. The van der Waals surface area contributed by atoms with Crippen molar-refractivity contribution in [2.45, 2.75) is 45.0 Å². The minimum atomic E-state index is -0.989. The van der Waals surface area contributed by atoms with E-state index in [1.165, 1.54) is 6.07 Å². The van der Waals surface area contributed by atoms with E-state index in [-0.39, 0.29) is 18.1 Å². The molecule has 0 bridgehead atoms. The van der Waals surface area contributed by atoms with Crippen LogP contribution < -0.4 is 4.74 Å². The van der Waals surface area contributed by atoms with E-state index in [1.54, 1.807) is 49.8 Å². The molecule has 0 aliphatic carbocycles. The molecule has 0 atom stereocenters. The number of imidazole rings is 1. The zero-order chi connectivity index (χ0) is 31.3.